The Hall–Kier alpha value is -0.610. The Balaban J connectivity index is 1.69. The van der Waals surface area contributed by atoms with Crippen LogP contribution in [0.2, 0.25) is 0 Å². The van der Waals surface area contributed by atoms with Crippen LogP contribution in [0.15, 0.2) is 0 Å². The van der Waals surface area contributed by atoms with Crippen LogP contribution in [-0.2, 0) is 4.79 Å². The van der Waals surface area contributed by atoms with E-state index in [1.165, 1.54) is 129 Å². The van der Waals surface area contributed by atoms with Crippen molar-refractivity contribution in [2.45, 2.75) is 143 Å². The Bertz CT molecular complexity index is 529. The first-order valence-corrected chi connectivity index (χ1v) is 15.8. The van der Waals surface area contributed by atoms with E-state index in [4.69, 9.17) is 0 Å². The molecule has 35 heavy (non-hydrogen) atoms. The molecule has 1 N–H and O–H groups in total. The number of rotatable bonds is 20. The van der Waals surface area contributed by atoms with Crippen LogP contribution in [-0.4, -0.2) is 61.0 Å². The summed E-state index contributed by atoms with van der Waals surface area (Å²) >= 11 is 0. The summed E-state index contributed by atoms with van der Waals surface area (Å²) in [5, 5.41) is 3.54. The number of likely N-dealkylation sites (tertiary alicyclic amines) is 2. The van der Waals surface area contributed by atoms with Gasteiger partial charge in [-0.25, -0.2) is 0 Å². The minimum Gasteiger partial charge on any atom is -0.340 e. The van der Waals surface area contributed by atoms with Crippen molar-refractivity contribution in [2.24, 2.45) is 11.3 Å². The summed E-state index contributed by atoms with van der Waals surface area (Å²) in [5.74, 6) is 1.22. The Morgan fingerprint density at radius 2 is 1.29 bits per heavy atom. The molecule has 0 radical (unpaired) electrons. The lowest BCUT2D eigenvalue weighted by Gasteiger charge is -2.54. The number of nitrogens with one attached hydrogen (secondary N) is 1. The van der Waals surface area contributed by atoms with Crippen LogP contribution in [0.4, 0.5) is 0 Å². The van der Waals surface area contributed by atoms with Gasteiger partial charge in [-0.15, -0.1) is 0 Å². The molecule has 0 saturated carbocycles. The Kier molecular flexibility index (Phi) is 15.5. The first-order chi connectivity index (χ1) is 17.1. The predicted molar refractivity (Wildman–Crippen MR) is 152 cm³/mol. The van der Waals surface area contributed by atoms with Gasteiger partial charge < -0.3 is 15.1 Å². The molecule has 2 aliphatic heterocycles. The average molecular weight is 492 g/mol. The molecule has 0 aromatic rings. The highest BCUT2D eigenvalue weighted by Gasteiger charge is 2.46. The second-order valence-electron chi connectivity index (χ2n) is 12.1. The van der Waals surface area contributed by atoms with Crippen LogP contribution in [0.1, 0.15) is 137 Å². The lowest BCUT2D eigenvalue weighted by molar-refractivity contribution is -0.146. The van der Waals surface area contributed by atoms with Crippen molar-refractivity contribution in [2.75, 3.05) is 39.3 Å². The molecule has 2 heterocycles. The molecular weight excluding hydrogens is 430 g/mol. The summed E-state index contributed by atoms with van der Waals surface area (Å²) in [7, 11) is 0. The maximum absolute atomic E-state index is 12.7. The lowest BCUT2D eigenvalue weighted by Crippen LogP contribution is -2.63. The van der Waals surface area contributed by atoms with E-state index in [0.29, 0.717) is 23.9 Å². The van der Waals surface area contributed by atoms with Crippen molar-refractivity contribution in [1.82, 2.24) is 15.1 Å². The number of carbonyl (C=O) groups excluding carboxylic acids is 1. The average Bonchev–Trinajstić information content (AvgIpc) is 2.84. The zero-order valence-electron chi connectivity index (χ0n) is 24.2. The van der Waals surface area contributed by atoms with Crippen molar-refractivity contribution < 1.29 is 4.79 Å². The Morgan fingerprint density at radius 1 is 0.743 bits per heavy atom. The lowest BCUT2D eigenvalue weighted by atomic mass is 9.71. The molecule has 0 aromatic carbocycles. The standard InChI is InChI=1S/C31H61N3O/c1-5-9-11-13-15-19-28(18-14-12-10-6-2)25-33-22-20-31(21-23-33)26-34(27-31)30(35)24-32-29(16-7-3)17-8-4/h28-29,32H,5-27H2,1-4H3. The topological polar surface area (TPSA) is 35.6 Å². The van der Waals surface area contributed by atoms with Gasteiger partial charge in [0.25, 0.3) is 0 Å². The van der Waals surface area contributed by atoms with Gasteiger partial charge in [0.05, 0.1) is 6.54 Å². The summed E-state index contributed by atoms with van der Waals surface area (Å²) in [6, 6.07) is 0.508. The summed E-state index contributed by atoms with van der Waals surface area (Å²) in [5.41, 5.74) is 0.426. The van der Waals surface area contributed by atoms with Gasteiger partial charge in [-0.1, -0.05) is 98.3 Å². The van der Waals surface area contributed by atoms with E-state index >= 15 is 0 Å². The van der Waals surface area contributed by atoms with E-state index in [9.17, 15) is 4.79 Å². The molecule has 2 rings (SSSR count). The van der Waals surface area contributed by atoms with E-state index in [2.05, 4.69) is 42.8 Å². The van der Waals surface area contributed by atoms with E-state index in [1.54, 1.807) is 0 Å². The molecule has 2 fully saturated rings. The van der Waals surface area contributed by atoms with Crippen LogP contribution in [0.5, 0.6) is 0 Å². The largest absolute Gasteiger partial charge is 0.340 e. The number of amides is 1. The highest BCUT2D eigenvalue weighted by Crippen LogP contribution is 2.40. The fourth-order valence-corrected chi connectivity index (χ4v) is 6.44. The van der Waals surface area contributed by atoms with Gasteiger partial charge in [0.1, 0.15) is 0 Å². The molecule has 1 atom stereocenters. The van der Waals surface area contributed by atoms with Gasteiger partial charge in [-0.2, -0.15) is 0 Å². The van der Waals surface area contributed by atoms with Crippen LogP contribution in [0, 0.1) is 11.3 Å². The molecule has 4 heteroatoms. The van der Waals surface area contributed by atoms with Crippen LogP contribution in [0.3, 0.4) is 0 Å². The summed E-state index contributed by atoms with van der Waals surface area (Å²) in [6.07, 6.45) is 22.8. The molecule has 0 bridgehead atoms. The normalized spacial score (nSPS) is 18.8. The molecule has 206 valence electrons. The van der Waals surface area contributed by atoms with Crippen LogP contribution in [0.25, 0.3) is 0 Å². The summed E-state index contributed by atoms with van der Waals surface area (Å²) in [6.45, 7) is 15.5. The molecule has 2 aliphatic rings. The Morgan fingerprint density at radius 3 is 1.83 bits per heavy atom. The first-order valence-electron chi connectivity index (χ1n) is 15.8. The number of carbonyl (C=O) groups is 1. The molecule has 0 aliphatic carbocycles. The minimum atomic E-state index is 0.325. The van der Waals surface area contributed by atoms with Gasteiger partial charge >= 0.3 is 0 Å². The SMILES string of the molecule is CCCCCCCC(CCCCCC)CN1CCC2(CC1)CN(C(=O)CNC(CCC)CCC)C2. The van der Waals surface area contributed by atoms with Gasteiger partial charge in [0.2, 0.25) is 5.91 Å². The van der Waals surface area contributed by atoms with Gasteiger partial charge in [-0.05, 0) is 57.5 Å². The molecule has 2 saturated heterocycles. The van der Waals surface area contributed by atoms with Crippen molar-refractivity contribution in [3.8, 4) is 0 Å². The zero-order valence-corrected chi connectivity index (χ0v) is 24.2. The number of hydrogen-bond acceptors (Lipinski definition) is 3. The number of piperidine rings is 1. The van der Waals surface area contributed by atoms with Crippen LogP contribution < -0.4 is 5.32 Å². The van der Waals surface area contributed by atoms with Gasteiger partial charge in [0, 0.05) is 31.1 Å². The molecule has 1 unspecified atom stereocenters. The monoisotopic (exact) mass is 491 g/mol. The van der Waals surface area contributed by atoms with Crippen LogP contribution >= 0.6 is 0 Å². The predicted octanol–water partition coefficient (Wildman–Crippen LogP) is 7.42. The molecule has 1 amide bonds. The zero-order chi connectivity index (χ0) is 25.4. The van der Waals surface area contributed by atoms with E-state index in [1.807, 2.05) is 0 Å². The second-order valence-corrected chi connectivity index (χ2v) is 12.1. The molecular formula is C31H61N3O. The third-order valence-electron chi connectivity index (χ3n) is 8.84. The van der Waals surface area contributed by atoms with Crippen molar-refractivity contribution >= 4 is 5.91 Å². The quantitative estimate of drug-likeness (QED) is 0.180. The maximum Gasteiger partial charge on any atom is 0.236 e. The van der Waals surface area contributed by atoms with E-state index in [0.717, 1.165) is 19.0 Å². The molecule has 4 nitrogen and oxygen atoms in total. The highest BCUT2D eigenvalue weighted by molar-refractivity contribution is 5.79. The highest BCUT2D eigenvalue weighted by atomic mass is 16.2. The third kappa shape index (κ3) is 11.5. The fraction of sp³-hybridized carbons (Fsp3) is 0.968. The second kappa shape index (κ2) is 17.8. The fourth-order valence-electron chi connectivity index (χ4n) is 6.44. The maximum atomic E-state index is 12.7. The third-order valence-corrected chi connectivity index (χ3v) is 8.84. The molecule has 0 aromatic heterocycles. The van der Waals surface area contributed by atoms with Crippen molar-refractivity contribution in [1.29, 1.82) is 0 Å². The Labute approximate surface area is 219 Å². The number of unbranched alkanes of at least 4 members (excludes halogenated alkanes) is 7. The summed E-state index contributed by atoms with van der Waals surface area (Å²) < 4.78 is 0. The van der Waals surface area contributed by atoms with Crippen molar-refractivity contribution in [3.05, 3.63) is 0 Å². The van der Waals surface area contributed by atoms with E-state index < -0.39 is 0 Å². The molecule has 1 spiro atoms. The smallest absolute Gasteiger partial charge is 0.236 e. The number of nitrogens with zero attached hydrogens (tertiary/aromatic N) is 2. The van der Waals surface area contributed by atoms with Crippen molar-refractivity contribution in [3.63, 3.8) is 0 Å². The van der Waals surface area contributed by atoms with Gasteiger partial charge in [-0.3, -0.25) is 4.79 Å². The first kappa shape index (κ1) is 30.6. The summed E-state index contributed by atoms with van der Waals surface area (Å²) in [4.78, 5) is 17.6. The van der Waals surface area contributed by atoms with E-state index in [-0.39, 0.29) is 0 Å². The van der Waals surface area contributed by atoms with Gasteiger partial charge in [0.15, 0.2) is 0 Å². The number of hydrogen-bond donors (Lipinski definition) is 1. The minimum absolute atomic E-state index is 0.325.